The van der Waals surface area contributed by atoms with Crippen LogP contribution in [0.5, 0.6) is 0 Å². The van der Waals surface area contributed by atoms with Crippen molar-refractivity contribution in [2.45, 2.75) is 118 Å². The molecule has 1 aromatic rings. The summed E-state index contributed by atoms with van der Waals surface area (Å²) in [6.45, 7) is 7.93. The Morgan fingerprint density at radius 2 is 1.84 bits per heavy atom. The summed E-state index contributed by atoms with van der Waals surface area (Å²) in [7, 11) is 0. The summed E-state index contributed by atoms with van der Waals surface area (Å²) in [5, 5.41) is 0. The number of benzene rings is 1. The van der Waals surface area contributed by atoms with E-state index < -0.39 is 0 Å². The fraction of sp³-hybridized carbons (Fsp3) is 0.629. The summed E-state index contributed by atoms with van der Waals surface area (Å²) in [4.78, 5) is 38.5. The molecule has 0 spiro atoms. The van der Waals surface area contributed by atoms with E-state index in [9.17, 15) is 14.4 Å². The minimum Gasteiger partial charge on any atom is -0.300 e. The van der Waals surface area contributed by atoms with Gasteiger partial charge in [0.05, 0.1) is 6.42 Å². The van der Waals surface area contributed by atoms with Crippen LogP contribution < -0.4 is 0 Å². The first-order valence-corrected chi connectivity index (χ1v) is 15.4. The minimum atomic E-state index is -0.0880. The highest BCUT2D eigenvalue weighted by molar-refractivity contribution is 6.02. The Bertz CT molecular complexity index is 1100. The predicted molar refractivity (Wildman–Crippen MR) is 156 cm³/mol. The van der Waals surface area contributed by atoms with E-state index >= 15 is 0 Å². The van der Waals surface area contributed by atoms with E-state index in [1.807, 2.05) is 0 Å². The Labute approximate surface area is 230 Å². The highest BCUT2D eigenvalue weighted by Crippen LogP contribution is 2.41. The van der Waals surface area contributed by atoms with Gasteiger partial charge in [-0.15, -0.1) is 0 Å². The van der Waals surface area contributed by atoms with Crippen LogP contribution in [0.3, 0.4) is 0 Å². The number of hydrogen-bond donors (Lipinski definition) is 0. The molecule has 0 aliphatic heterocycles. The average Bonchev–Trinajstić information content (AvgIpc) is 3.58. The zero-order valence-electron chi connectivity index (χ0n) is 24.2. The van der Waals surface area contributed by atoms with Crippen molar-refractivity contribution in [3.8, 4) is 0 Å². The van der Waals surface area contributed by atoms with Crippen molar-refractivity contribution in [1.29, 1.82) is 0 Å². The summed E-state index contributed by atoms with van der Waals surface area (Å²) in [5.74, 6) is 1.56. The number of fused-ring (bicyclic) bond motifs is 1. The largest absolute Gasteiger partial charge is 0.300 e. The topological polar surface area (TPSA) is 51.2 Å². The third-order valence-corrected chi connectivity index (χ3v) is 9.57. The number of carbonyl (C=O) groups is 3. The van der Waals surface area contributed by atoms with Crippen molar-refractivity contribution in [2.75, 3.05) is 0 Å². The van der Waals surface area contributed by atoms with Crippen molar-refractivity contribution in [1.82, 2.24) is 0 Å². The molecule has 3 atom stereocenters. The first-order valence-electron chi connectivity index (χ1n) is 15.4. The molecular formula is C35H48O3. The van der Waals surface area contributed by atoms with Gasteiger partial charge in [-0.05, 0) is 98.0 Å². The molecule has 3 unspecified atom stereocenters. The van der Waals surface area contributed by atoms with Crippen molar-refractivity contribution in [2.24, 2.45) is 23.7 Å². The van der Waals surface area contributed by atoms with Crippen LogP contribution in [-0.4, -0.2) is 17.3 Å². The van der Waals surface area contributed by atoms with E-state index in [4.69, 9.17) is 0 Å². The number of aryl methyl sites for hydroxylation is 1. The van der Waals surface area contributed by atoms with E-state index in [1.54, 1.807) is 0 Å². The molecule has 206 valence electrons. The Hall–Kier alpha value is -2.29. The fourth-order valence-electron chi connectivity index (χ4n) is 7.69. The molecule has 38 heavy (non-hydrogen) atoms. The van der Waals surface area contributed by atoms with Gasteiger partial charge in [-0.3, -0.25) is 14.4 Å². The van der Waals surface area contributed by atoms with Crippen LogP contribution in [0.25, 0.3) is 5.57 Å². The molecule has 0 heterocycles. The maximum absolute atomic E-state index is 13.8. The lowest BCUT2D eigenvalue weighted by Crippen LogP contribution is -2.30. The molecule has 0 aromatic heterocycles. The summed E-state index contributed by atoms with van der Waals surface area (Å²) in [6.07, 6.45) is 20.6. The third-order valence-electron chi connectivity index (χ3n) is 9.57. The van der Waals surface area contributed by atoms with Crippen LogP contribution in [0.4, 0.5) is 0 Å². The average molecular weight is 517 g/mol. The molecule has 0 bridgehead atoms. The number of allylic oxidation sites excluding steroid dienone is 4. The van der Waals surface area contributed by atoms with Crippen molar-refractivity contribution >= 4 is 22.9 Å². The van der Waals surface area contributed by atoms with Crippen LogP contribution in [0, 0.1) is 30.6 Å². The number of hydrogen-bond acceptors (Lipinski definition) is 3. The number of Topliss-reactive ketones (excluding diaryl/α,β-unsaturated/α-hetero) is 3. The highest BCUT2D eigenvalue weighted by atomic mass is 16.1. The minimum absolute atomic E-state index is 0.0403. The van der Waals surface area contributed by atoms with Crippen LogP contribution in [-0.2, 0) is 22.4 Å². The Balaban J connectivity index is 1.62. The standard InChI is InChI=1S/C35H48O3/c1-5-11-29(30(6-2)33(37)18-23(3)36)19-26-20-32-31(27-14-9-10-15-27)22-28(17-16-25-12-7-8-13-25)24(4)35(32)34(38)21-26/h9,14-15,22,25-26,29-30H,5-8,10-13,16-21H2,1-4H3. The van der Waals surface area contributed by atoms with Crippen molar-refractivity contribution in [3.63, 3.8) is 0 Å². The molecular weight excluding hydrogens is 468 g/mol. The smallest absolute Gasteiger partial charge is 0.163 e. The van der Waals surface area contributed by atoms with Gasteiger partial charge in [0.2, 0.25) is 0 Å². The zero-order valence-corrected chi connectivity index (χ0v) is 24.2. The summed E-state index contributed by atoms with van der Waals surface area (Å²) in [5.41, 5.74) is 7.34. The van der Waals surface area contributed by atoms with Gasteiger partial charge in [0.1, 0.15) is 11.6 Å². The summed E-state index contributed by atoms with van der Waals surface area (Å²) >= 11 is 0. The molecule has 3 aliphatic rings. The lowest BCUT2D eigenvalue weighted by Gasteiger charge is -2.33. The molecule has 1 saturated carbocycles. The number of ketones is 3. The first-order chi connectivity index (χ1) is 18.3. The number of rotatable bonds is 13. The molecule has 1 aromatic carbocycles. The number of carbonyl (C=O) groups excluding carboxylic acids is 3. The molecule has 4 rings (SSSR count). The van der Waals surface area contributed by atoms with Gasteiger partial charge in [0.15, 0.2) is 5.78 Å². The van der Waals surface area contributed by atoms with E-state index in [0.717, 1.165) is 56.4 Å². The predicted octanol–water partition coefficient (Wildman–Crippen LogP) is 8.59. The molecule has 0 amide bonds. The van der Waals surface area contributed by atoms with Crippen LogP contribution >= 0.6 is 0 Å². The monoisotopic (exact) mass is 516 g/mol. The first kappa shape index (κ1) is 28.7. The lowest BCUT2D eigenvalue weighted by molar-refractivity contribution is -0.129. The van der Waals surface area contributed by atoms with Crippen LogP contribution in [0.15, 0.2) is 24.3 Å². The molecule has 3 nitrogen and oxygen atoms in total. The van der Waals surface area contributed by atoms with Gasteiger partial charge in [-0.1, -0.05) is 76.7 Å². The summed E-state index contributed by atoms with van der Waals surface area (Å²) in [6, 6.07) is 2.41. The van der Waals surface area contributed by atoms with Gasteiger partial charge < -0.3 is 0 Å². The second-order valence-corrected chi connectivity index (χ2v) is 12.4. The van der Waals surface area contributed by atoms with E-state index in [-0.39, 0.29) is 35.7 Å². The molecule has 0 N–H and O–H groups in total. The molecule has 3 heteroatoms. The lowest BCUT2D eigenvalue weighted by atomic mass is 9.70. The van der Waals surface area contributed by atoms with E-state index in [1.165, 1.54) is 66.9 Å². The second-order valence-electron chi connectivity index (χ2n) is 12.4. The Morgan fingerprint density at radius 3 is 2.47 bits per heavy atom. The molecule has 0 saturated heterocycles. The van der Waals surface area contributed by atoms with Crippen molar-refractivity contribution in [3.05, 3.63) is 52.1 Å². The maximum Gasteiger partial charge on any atom is 0.163 e. The van der Waals surface area contributed by atoms with Gasteiger partial charge in [0.25, 0.3) is 0 Å². The second kappa shape index (κ2) is 13.2. The fourth-order valence-corrected chi connectivity index (χ4v) is 7.69. The maximum atomic E-state index is 13.8. The van der Waals surface area contributed by atoms with E-state index in [2.05, 4.69) is 45.1 Å². The van der Waals surface area contributed by atoms with Gasteiger partial charge >= 0.3 is 0 Å². The van der Waals surface area contributed by atoms with Gasteiger partial charge in [-0.25, -0.2) is 0 Å². The molecule has 3 aliphatic carbocycles. The van der Waals surface area contributed by atoms with Crippen molar-refractivity contribution < 1.29 is 14.4 Å². The van der Waals surface area contributed by atoms with Crippen LogP contribution in [0.2, 0.25) is 0 Å². The third kappa shape index (κ3) is 6.64. The summed E-state index contributed by atoms with van der Waals surface area (Å²) < 4.78 is 0. The van der Waals surface area contributed by atoms with Gasteiger partial charge in [0, 0.05) is 17.9 Å². The quantitative estimate of drug-likeness (QED) is 0.247. The highest BCUT2D eigenvalue weighted by Gasteiger charge is 2.35. The Kier molecular flexibility index (Phi) is 9.96. The molecule has 1 fully saturated rings. The normalized spacial score (nSPS) is 20.9. The van der Waals surface area contributed by atoms with E-state index in [0.29, 0.717) is 12.2 Å². The SMILES string of the molecule is CCCC(CC1CC(=O)c2c(C)c(CCC3CCCC3)cc(C3=CCC=C3)c2C1)C(CC)C(=O)CC(C)=O. The zero-order chi connectivity index (χ0) is 27.2. The molecule has 0 radical (unpaired) electrons. The van der Waals surface area contributed by atoms with Crippen LogP contribution in [0.1, 0.15) is 130 Å². The van der Waals surface area contributed by atoms with Gasteiger partial charge in [-0.2, -0.15) is 0 Å². The Morgan fingerprint density at radius 1 is 1.08 bits per heavy atom.